The van der Waals surface area contributed by atoms with Crippen LogP contribution in [-0.2, 0) is 6.54 Å². The zero-order valence-electron chi connectivity index (χ0n) is 9.13. The highest BCUT2D eigenvalue weighted by molar-refractivity contribution is 5.18. The van der Waals surface area contributed by atoms with Crippen LogP contribution in [0.15, 0.2) is 18.2 Å². The molecule has 1 aromatic carbocycles. The molecule has 0 fully saturated rings. The van der Waals surface area contributed by atoms with Crippen molar-refractivity contribution < 1.29 is 8.78 Å². The third-order valence-electron chi connectivity index (χ3n) is 2.30. The number of benzene rings is 1. The van der Waals surface area contributed by atoms with E-state index in [0.29, 0.717) is 38.3 Å². The molecule has 0 heterocycles. The normalized spacial score (nSPS) is 11.1. The lowest BCUT2D eigenvalue weighted by molar-refractivity contribution is 0.276. The maximum absolute atomic E-state index is 13.4. The van der Waals surface area contributed by atoms with Crippen molar-refractivity contribution in [1.29, 1.82) is 0 Å². The highest BCUT2D eigenvalue weighted by Gasteiger charge is 2.08. The minimum absolute atomic E-state index is 0.403. The summed E-state index contributed by atoms with van der Waals surface area (Å²) in [7, 11) is 0. The van der Waals surface area contributed by atoms with E-state index in [1.54, 1.807) is 0 Å². The van der Waals surface area contributed by atoms with E-state index in [-0.39, 0.29) is 0 Å². The average molecular weight is 229 g/mol. The molecule has 0 aromatic heterocycles. The third-order valence-corrected chi connectivity index (χ3v) is 2.30. The Balaban J connectivity index is 2.68. The van der Waals surface area contributed by atoms with Gasteiger partial charge >= 0.3 is 0 Å². The zero-order valence-corrected chi connectivity index (χ0v) is 9.13. The van der Waals surface area contributed by atoms with Crippen molar-refractivity contribution in [3.05, 3.63) is 35.4 Å². The minimum Gasteiger partial charge on any atom is -0.329 e. The summed E-state index contributed by atoms with van der Waals surface area (Å²) in [6.07, 6.45) is 0. The van der Waals surface area contributed by atoms with E-state index in [9.17, 15) is 8.78 Å². The molecule has 0 unspecified atom stereocenters. The fraction of sp³-hybridized carbons (Fsp3) is 0.455. The maximum atomic E-state index is 13.4. The molecular weight excluding hydrogens is 212 g/mol. The summed E-state index contributed by atoms with van der Waals surface area (Å²) in [5.41, 5.74) is 11.3. The molecule has 0 spiro atoms. The zero-order chi connectivity index (χ0) is 12.0. The van der Waals surface area contributed by atoms with Gasteiger partial charge < -0.3 is 11.5 Å². The Morgan fingerprint density at radius 1 is 1.06 bits per heavy atom. The molecule has 0 radical (unpaired) electrons. The smallest absolute Gasteiger partial charge is 0.130 e. The van der Waals surface area contributed by atoms with Crippen LogP contribution in [0.25, 0.3) is 0 Å². The number of hydrogen-bond donors (Lipinski definition) is 2. The predicted molar refractivity (Wildman–Crippen MR) is 59.7 cm³/mol. The van der Waals surface area contributed by atoms with Crippen LogP contribution in [0.2, 0.25) is 0 Å². The van der Waals surface area contributed by atoms with E-state index in [2.05, 4.69) is 0 Å². The molecule has 4 N–H and O–H groups in total. The van der Waals surface area contributed by atoms with E-state index in [1.165, 1.54) is 12.1 Å². The van der Waals surface area contributed by atoms with Gasteiger partial charge in [0.1, 0.15) is 11.6 Å². The van der Waals surface area contributed by atoms with Crippen molar-refractivity contribution >= 4 is 0 Å². The molecule has 3 nitrogen and oxygen atoms in total. The first-order valence-corrected chi connectivity index (χ1v) is 5.23. The van der Waals surface area contributed by atoms with Gasteiger partial charge in [0.05, 0.1) is 0 Å². The number of nitrogens with two attached hydrogens (primary N) is 2. The Morgan fingerprint density at radius 3 is 2.19 bits per heavy atom. The molecule has 0 amide bonds. The molecule has 0 aliphatic carbocycles. The quantitative estimate of drug-likeness (QED) is 0.754. The van der Waals surface area contributed by atoms with Crippen molar-refractivity contribution in [1.82, 2.24) is 4.90 Å². The van der Waals surface area contributed by atoms with Gasteiger partial charge in [0.25, 0.3) is 0 Å². The van der Waals surface area contributed by atoms with Gasteiger partial charge in [0.15, 0.2) is 0 Å². The molecule has 0 bridgehead atoms. The highest BCUT2D eigenvalue weighted by Crippen LogP contribution is 2.11. The molecule has 0 saturated heterocycles. The van der Waals surface area contributed by atoms with E-state index < -0.39 is 11.6 Å². The molecule has 0 saturated carbocycles. The van der Waals surface area contributed by atoms with E-state index >= 15 is 0 Å². The summed E-state index contributed by atoms with van der Waals surface area (Å²) >= 11 is 0. The second-order valence-electron chi connectivity index (χ2n) is 3.59. The average Bonchev–Trinajstić information content (AvgIpc) is 2.23. The maximum Gasteiger partial charge on any atom is 0.130 e. The summed E-state index contributed by atoms with van der Waals surface area (Å²) in [5, 5.41) is 0. The second kappa shape index (κ2) is 6.52. The van der Waals surface area contributed by atoms with Crippen LogP contribution >= 0.6 is 0 Å². The first-order valence-electron chi connectivity index (χ1n) is 5.23. The topological polar surface area (TPSA) is 55.3 Å². The van der Waals surface area contributed by atoms with Gasteiger partial charge in [-0.05, 0) is 6.07 Å². The van der Waals surface area contributed by atoms with Crippen molar-refractivity contribution in [2.24, 2.45) is 11.5 Å². The van der Waals surface area contributed by atoms with E-state index in [1.807, 2.05) is 4.90 Å². The number of rotatable bonds is 6. The Bertz CT molecular complexity index is 325. The molecule has 0 aliphatic heterocycles. The second-order valence-corrected chi connectivity index (χ2v) is 3.59. The van der Waals surface area contributed by atoms with Crippen LogP contribution in [-0.4, -0.2) is 31.1 Å². The van der Waals surface area contributed by atoms with Crippen LogP contribution in [0.1, 0.15) is 5.56 Å². The molecule has 16 heavy (non-hydrogen) atoms. The Hall–Kier alpha value is -1.04. The van der Waals surface area contributed by atoms with Crippen LogP contribution in [0, 0.1) is 11.6 Å². The highest BCUT2D eigenvalue weighted by atomic mass is 19.1. The van der Waals surface area contributed by atoms with Crippen LogP contribution in [0.3, 0.4) is 0 Å². The number of halogens is 2. The van der Waals surface area contributed by atoms with Crippen molar-refractivity contribution in [3.63, 3.8) is 0 Å². The van der Waals surface area contributed by atoms with Crippen molar-refractivity contribution in [3.8, 4) is 0 Å². The summed E-state index contributed by atoms with van der Waals surface area (Å²) in [5.74, 6) is -1.09. The largest absolute Gasteiger partial charge is 0.329 e. The summed E-state index contributed by atoms with van der Waals surface area (Å²) in [6, 6.07) is 3.59. The Morgan fingerprint density at radius 2 is 1.69 bits per heavy atom. The van der Waals surface area contributed by atoms with Gasteiger partial charge in [0.2, 0.25) is 0 Å². The Labute approximate surface area is 94.0 Å². The van der Waals surface area contributed by atoms with Gasteiger partial charge in [-0.3, -0.25) is 4.90 Å². The number of nitrogens with zero attached hydrogens (tertiary/aromatic N) is 1. The molecule has 0 aliphatic rings. The van der Waals surface area contributed by atoms with Crippen molar-refractivity contribution in [2.75, 3.05) is 26.2 Å². The van der Waals surface area contributed by atoms with Gasteiger partial charge in [-0.2, -0.15) is 0 Å². The SMILES string of the molecule is NCCN(CCN)Cc1ccc(F)cc1F. The molecule has 1 rings (SSSR count). The van der Waals surface area contributed by atoms with Gasteiger partial charge in [-0.1, -0.05) is 6.07 Å². The first-order chi connectivity index (χ1) is 7.67. The van der Waals surface area contributed by atoms with Gasteiger partial charge in [0, 0.05) is 44.4 Å². The molecule has 90 valence electrons. The first kappa shape index (κ1) is 13.0. The summed E-state index contributed by atoms with van der Waals surface area (Å²) in [6.45, 7) is 2.67. The standard InChI is InChI=1S/C11H17F2N3/c12-10-2-1-9(11(13)7-10)8-16(5-3-14)6-4-15/h1-2,7H,3-6,8,14-15H2. The van der Waals surface area contributed by atoms with Crippen molar-refractivity contribution in [2.45, 2.75) is 6.54 Å². The molecular formula is C11H17F2N3. The summed E-state index contributed by atoms with van der Waals surface area (Å²) in [4.78, 5) is 1.94. The molecule has 0 atom stereocenters. The fourth-order valence-electron chi connectivity index (χ4n) is 1.53. The van der Waals surface area contributed by atoms with E-state index in [4.69, 9.17) is 11.5 Å². The monoisotopic (exact) mass is 229 g/mol. The molecule has 5 heteroatoms. The molecule has 1 aromatic rings. The van der Waals surface area contributed by atoms with E-state index in [0.717, 1.165) is 6.07 Å². The lowest BCUT2D eigenvalue weighted by atomic mass is 10.2. The predicted octanol–water partition coefficient (Wildman–Crippen LogP) is 0.684. The minimum atomic E-state index is -0.564. The van der Waals surface area contributed by atoms with Gasteiger partial charge in [-0.25, -0.2) is 8.78 Å². The Kier molecular flexibility index (Phi) is 5.31. The summed E-state index contributed by atoms with van der Waals surface area (Å²) < 4.78 is 26.0. The third kappa shape index (κ3) is 3.84. The van der Waals surface area contributed by atoms with Gasteiger partial charge in [-0.15, -0.1) is 0 Å². The lowest BCUT2D eigenvalue weighted by Crippen LogP contribution is -2.33. The lowest BCUT2D eigenvalue weighted by Gasteiger charge is -2.20. The van der Waals surface area contributed by atoms with Crippen LogP contribution in [0.4, 0.5) is 8.78 Å². The fourth-order valence-corrected chi connectivity index (χ4v) is 1.53. The number of hydrogen-bond acceptors (Lipinski definition) is 3. The van der Waals surface area contributed by atoms with Crippen LogP contribution in [0.5, 0.6) is 0 Å². The van der Waals surface area contributed by atoms with Crippen LogP contribution < -0.4 is 11.5 Å².